The number of carbonyl (C=O) groups excluding carboxylic acids is 3. The largest absolute Gasteiger partial charge is 0.456 e. The van der Waals surface area contributed by atoms with Gasteiger partial charge in [-0.3, -0.25) is 14.9 Å². The Bertz CT molecular complexity index is 838. The average molecular weight is 373 g/mol. The molecule has 27 heavy (non-hydrogen) atoms. The lowest BCUT2D eigenvalue weighted by Gasteiger charge is -2.10. The molecule has 2 aromatic rings. The Morgan fingerprint density at radius 3 is 2.52 bits per heavy atom. The molecule has 3 amide bonds. The highest BCUT2D eigenvalue weighted by Gasteiger charge is 2.14. The molecule has 0 saturated carbocycles. The fraction of sp³-hybridized carbons (Fsp3) is 0.368. The zero-order chi connectivity index (χ0) is 20.0. The van der Waals surface area contributed by atoms with Crippen molar-refractivity contribution in [1.29, 1.82) is 0 Å². The van der Waals surface area contributed by atoms with E-state index in [1.54, 1.807) is 19.9 Å². The highest BCUT2D eigenvalue weighted by atomic mass is 16.5. The Morgan fingerprint density at radius 2 is 1.89 bits per heavy atom. The molecular weight excluding hydrogens is 350 g/mol. The third kappa shape index (κ3) is 5.95. The number of ether oxygens (including phenoxy) is 1. The van der Waals surface area contributed by atoms with Crippen LogP contribution in [0.2, 0.25) is 0 Å². The molecule has 1 aromatic carbocycles. The van der Waals surface area contributed by atoms with Gasteiger partial charge >= 0.3 is 12.0 Å². The van der Waals surface area contributed by atoms with Gasteiger partial charge in [0.05, 0.1) is 5.69 Å². The first-order valence-electron chi connectivity index (χ1n) is 8.51. The van der Waals surface area contributed by atoms with E-state index in [1.807, 2.05) is 26.0 Å². The average Bonchev–Trinajstić information content (AvgIpc) is 2.92. The van der Waals surface area contributed by atoms with Crippen molar-refractivity contribution >= 4 is 23.6 Å². The van der Waals surface area contributed by atoms with E-state index in [-0.39, 0.29) is 6.42 Å². The van der Waals surface area contributed by atoms with Gasteiger partial charge in [0.1, 0.15) is 5.76 Å². The lowest BCUT2D eigenvalue weighted by atomic mass is 10.1. The topological polar surface area (TPSA) is 111 Å². The third-order valence-electron chi connectivity index (χ3n) is 4.01. The highest BCUT2D eigenvalue weighted by Crippen LogP contribution is 2.16. The molecule has 0 aliphatic carbocycles. The van der Waals surface area contributed by atoms with Crippen LogP contribution in [-0.2, 0) is 20.7 Å². The molecule has 2 N–H and O–H groups in total. The number of aryl methyl sites for hydroxylation is 4. The van der Waals surface area contributed by atoms with Crippen LogP contribution in [0.3, 0.4) is 0 Å². The summed E-state index contributed by atoms with van der Waals surface area (Å²) in [5.41, 5.74) is 4.12. The number of hydrogen-bond donors (Lipinski definition) is 2. The number of nitrogens with one attached hydrogen (secondary N) is 2. The Kier molecular flexibility index (Phi) is 6.70. The van der Waals surface area contributed by atoms with Crippen molar-refractivity contribution in [2.45, 2.75) is 40.5 Å². The third-order valence-corrected chi connectivity index (χ3v) is 4.01. The van der Waals surface area contributed by atoms with E-state index in [4.69, 9.17) is 9.26 Å². The lowest BCUT2D eigenvalue weighted by Crippen LogP contribution is -2.37. The Labute approximate surface area is 157 Å². The van der Waals surface area contributed by atoms with E-state index in [2.05, 4.69) is 15.8 Å². The minimum atomic E-state index is -0.706. The summed E-state index contributed by atoms with van der Waals surface area (Å²) in [6.07, 6.45) is 0.500. The van der Waals surface area contributed by atoms with Crippen LogP contribution in [0.4, 0.5) is 10.5 Å². The van der Waals surface area contributed by atoms with Crippen LogP contribution in [-0.4, -0.2) is 29.7 Å². The van der Waals surface area contributed by atoms with Crippen molar-refractivity contribution in [3.05, 3.63) is 46.3 Å². The number of benzene rings is 1. The highest BCUT2D eigenvalue weighted by molar-refractivity contribution is 6.02. The number of imide groups is 1. The molecule has 0 aliphatic heterocycles. The van der Waals surface area contributed by atoms with E-state index in [9.17, 15) is 14.4 Å². The Hall–Kier alpha value is -3.16. The van der Waals surface area contributed by atoms with Gasteiger partial charge in [-0.25, -0.2) is 4.79 Å². The summed E-state index contributed by atoms with van der Waals surface area (Å²) < 4.78 is 9.91. The summed E-state index contributed by atoms with van der Waals surface area (Å²) >= 11 is 0. The van der Waals surface area contributed by atoms with Crippen molar-refractivity contribution < 1.29 is 23.6 Å². The summed E-state index contributed by atoms with van der Waals surface area (Å²) in [5.74, 6) is -0.594. The predicted molar refractivity (Wildman–Crippen MR) is 98.3 cm³/mol. The number of rotatable bonds is 6. The standard InChI is InChI=1S/C19H23N3O5/c1-11-5-7-16(12(2)9-11)20-19(25)21-17(23)10-26-18(24)8-6-15-13(3)22-27-14(15)4/h5,7,9H,6,8,10H2,1-4H3,(H2,20,21,23,25). The van der Waals surface area contributed by atoms with Crippen molar-refractivity contribution in [3.8, 4) is 0 Å². The summed E-state index contributed by atoms with van der Waals surface area (Å²) in [7, 11) is 0. The summed E-state index contributed by atoms with van der Waals surface area (Å²) in [5, 5.41) is 8.52. The summed E-state index contributed by atoms with van der Waals surface area (Å²) in [6.45, 7) is 6.83. The van der Waals surface area contributed by atoms with Crippen LogP contribution in [0.25, 0.3) is 0 Å². The first-order valence-corrected chi connectivity index (χ1v) is 8.51. The lowest BCUT2D eigenvalue weighted by molar-refractivity contribution is -0.148. The molecule has 0 fully saturated rings. The zero-order valence-corrected chi connectivity index (χ0v) is 15.8. The molecule has 1 heterocycles. The maximum Gasteiger partial charge on any atom is 0.325 e. The molecular formula is C19H23N3O5. The number of esters is 1. The first-order chi connectivity index (χ1) is 12.8. The second-order valence-electron chi connectivity index (χ2n) is 6.28. The molecule has 0 saturated heterocycles. The normalized spacial score (nSPS) is 10.4. The number of nitrogens with zero attached hydrogens (tertiary/aromatic N) is 1. The van der Waals surface area contributed by atoms with Gasteiger partial charge in [-0.1, -0.05) is 22.9 Å². The van der Waals surface area contributed by atoms with Gasteiger partial charge in [0, 0.05) is 17.7 Å². The summed E-state index contributed by atoms with van der Waals surface area (Å²) in [4.78, 5) is 35.4. The first kappa shape index (κ1) is 20.2. The van der Waals surface area contributed by atoms with Crippen LogP contribution in [0, 0.1) is 27.7 Å². The number of amides is 3. The number of anilines is 1. The number of carbonyl (C=O) groups is 3. The molecule has 144 valence electrons. The second kappa shape index (κ2) is 8.98. The molecule has 0 aliphatic rings. The molecule has 1 aromatic heterocycles. The smallest absolute Gasteiger partial charge is 0.325 e. The van der Waals surface area contributed by atoms with Gasteiger partial charge in [0.2, 0.25) is 0 Å². The number of aromatic nitrogens is 1. The minimum Gasteiger partial charge on any atom is -0.456 e. The van der Waals surface area contributed by atoms with E-state index < -0.39 is 24.5 Å². The van der Waals surface area contributed by atoms with Crippen molar-refractivity contribution in [1.82, 2.24) is 10.5 Å². The quantitative estimate of drug-likeness (QED) is 0.753. The maximum atomic E-state index is 11.9. The molecule has 0 radical (unpaired) electrons. The van der Waals surface area contributed by atoms with Crippen LogP contribution < -0.4 is 10.6 Å². The SMILES string of the molecule is Cc1ccc(NC(=O)NC(=O)COC(=O)CCc2c(C)noc2C)c(C)c1. The van der Waals surface area contributed by atoms with E-state index in [0.29, 0.717) is 17.9 Å². The molecule has 2 rings (SSSR count). The van der Waals surface area contributed by atoms with Crippen LogP contribution in [0.5, 0.6) is 0 Å². The molecule has 0 atom stereocenters. The monoisotopic (exact) mass is 373 g/mol. The Balaban J connectivity index is 1.73. The van der Waals surface area contributed by atoms with Crippen molar-refractivity contribution in [3.63, 3.8) is 0 Å². The Morgan fingerprint density at radius 1 is 1.15 bits per heavy atom. The summed E-state index contributed by atoms with van der Waals surface area (Å²) in [6, 6.07) is 4.84. The minimum absolute atomic E-state index is 0.0882. The van der Waals surface area contributed by atoms with Crippen LogP contribution >= 0.6 is 0 Å². The van der Waals surface area contributed by atoms with Gasteiger partial charge in [0.15, 0.2) is 6.61 Å². The fourth-order valence-electron chi connectivity index (χ4n) is 2.57. The number of urea groups is 1. The molecule has 0 bridgehead atoms. The molecule has 0 unspecified atom stereocenters. The molecule has 8 nitrogen and oxygen atoms in total. The van der Waals surface area contributed by atoms with Gasteiger partial charge in [-0.2, -0.15) is 0 Å². The van der Waals surface area contributed by atoms with E-state index in [0.717, 1.165) is 22.4 Å². The van der Waals surface area contributed by atoms with Gasteiger partial charge < -0.3 is 14.6 Å². The van der Waals surface area contributed by atoms with E-state index in [1.165, 1.54) is 0 Å². The van der Waals surface area contributed by atoms with Crippen LogP contribution in [0.1, 0.15) is 34.6 Å². The maximum absolute atomic E-state index is 11.9. The fourth-order valence-corrected chi connectivity index (χ4v) is 2.57. The van der Waals surface area contributed by atoms with Crippen molar-refractivity contribution in [2.75, 3.05) is 11.9 Å². The van der Waals surface area contributed by atoms with Gasteiger partial charge in [-0.15, -0.1) is 0 Å². The number of hydrogen-bond acceptors (Lipinski definition) is 6. The predicted octanol–water partition coefficient (Wildman–Crippen LogP) is 2.73. The van der Waals surface area contributed by atoms with Gasteiger partial charge in [-0.05, 0) is 45.7 Å². The van der Waals surface area contributed by atoms with E-state index >= 15 is 0 Å². The molecule has 8 heteroatoms. The van der Waals surface area contributed by atoms with Crippen molar-refractivity contribution in [2.24, 2.45) is 0 Å². The zero-order valence-electron chi connectivity index (χ0n) is 15.8. The molecule has 0 spiro atoms. The van der Waals surface area contributed by atoms with Gasteiger partial charge in [0.25, 0.3) is 5.91 Å². The van der Waals surface area contributed by atoms with Crippen LogP contribution in [0.15, 0.2) is 22.7 Å². The second-order valence-corrected chi connectivity index (χ2v) is 6.28.